The first-order valence-electron chi connectivity index (χ1n) is 19.0. The molecule has 0 spiro atoms. The molecule has 4 aromatic carbocycles. The van der Waals surface area contributed by atoms with Gasteiger partial charge in [0.05, 0.1) is 13.2 Å². The Morgan fingerprint density at radius 1 is 0.926 bits per heavy atom. The Hall–Kier alpha value is -5.59. The third-order valence-electron chi connectivity index (χ3n) is 11.5. The zero-order valence-corrected chi connectivity index (χ0v) is 30.9. The summed E-state index contributed by atoms with van der Waals surface area (Å²) in [6.45, 7) is 6.70. The van der Waals surface area contributed by atoms with Crippen molar-refractivity contribution in [2.45, 2.75) is 57.0 Å². The van der Waals surface area contributed by atoms with E-state index in [1.807, 2.05) is 18.2 Å². The number of carbonyl (C=O) groups is 3. The molecule has 0 saturated carbocycles. The summed E-state index contributed by atoms with van der Waals surface area (Å²) in [6, 6.07) is 28.3. The molecule has 4 aliphatic heterocycles. The fourth-order valence-electron chi connectivity index (χ4n) is 8.70. The van der Waals surface area contributed by atoms with Crippen molar-refractivity contribution in [1.82, 2.24) is 15.1 Å². The Bertz CT molecular complexity index is 2150. The number of nitrogens with zero attached hydrogens (tertiary/aromatic N) is 3. The lowest BCUT2D eigenvalue weighted by Crippen LogP contribution is -2.52. The summed E-state index contributed by atoms with van der Waals surface area (Å²) in [5, 5.41) is 12.5. The molecular formula is C45H46N4O5. The summed E-state index contributed by atoms with van der Waals surface area (Å²) in [6.07, 6.45) is 2.83. The van der Waals surface area contributed by atoms with Crippen LogP contribution in [0.5, 0.6) is 11.5 Å². The summed E-state index contributed by atoms with van der Waals surface area (Å²) in [4.78, 5) is 43.3. The van der Waals surface area contributed by atoms with Gasteiger partial charge in [-0.1, -0.05) is 59.9 Å². The van der Waals surface area contributed by atoms with Gasteiger partial charge in [-0.3, -0.25) is 24.6 Å². The summed E-state index contributed by atoms with van der Waals surface area (Å²) < 4.78 is 6.20. The van der Waals surface area contributed by atoms with E-state index in [2.05, 4.69) is 89.5 Å². The number of fused-ring (bicyclic) bond motifs is 2. The van der Waals surface area contributed by atoms with Crippen LogP contribution in [0.3, 0.4) is 0 Å². The fourth-order valence-corrected chi connectivity index (χ4v) is 8.70. The third-order valence-corrected chi connectivity index (χ3v) is 11.5. The Kier molecular flexibility index (Phi) is 9.87. The maximum Gasteiger partial charge on any atom is 0.255 e. The van der Waals surface area contributed by atoms with Crippen LogP contribution in [0.15, 0.2) is 84.9 Å². The number of aromatic hydroxyl groups is 1. The average molecular weight is 723 g/mol. The van der Waals surface area contributed by atoms with Gasteiger partial charge in [0.2, 0.25) is 11.8 Å². The molecule has 54 heavy (non-hydrogen) atoms. The molecule has 2 N–H and O–H groups in total. The summed E-state index contributed by atoms with van der Waals surface area (Å²) in [5.41, 5.74) is 8.43. The van der Waals surface area contributed by atoms with Crippen LogP contribution < -0.4 is 15.0 Å². The number of carbonyl (C=O) groups excluding carboxylic acids is 3. The summed E-state index contributed by atoms with van der Waals surface area (Å²) >= 11 is 0. The number of benzene rings is 4. The minimum absolute atomic E-state index is 0.122. The molecule has 3 atom stereocenters. The highest BCUT2D eigenvalue weighted by molar-refractivity contribution is 6.05. The number of imide groups is 1. The second-order valence-electron chi connectivity index (χ2n) is 15.3. The average Bonchev–Trinajstić information content (AvgIpc) is 3.49. The zero-order valence-electron chi connectivity index (χ0n) is 30.9. The van der Waals surface area contributed by atoms with Gasteiger partial charge in [0, 0.05) is 72.9 Å². The van der Waals surface area contributed by atoms with E-state index in [1.54, 1.807) is 23.1 Å². The SMILES string of the molecule is Cc1cccc([C@H]2COc3cc(O)ccc3C2c2ccc(N3CCC(CN(C)CC#Cc4ccc5c(c4)CN(C4CCC(=O)NC4=O)C5=O)CC3)cc2)c1. The fraction of sp³-hybridized carbons (Fsp3) is 0.356. The monoisotopic (exact) mass is 722 g/mol. The number of piperidine rings is 2. The van der Waals surface area contributed by atoms with Crippen LogP contribution in [-0.2, 0) is 16.1 Å². The maximum absolute atomic E-state index is 13.0. The summed E-state index contributed by atoms with van der Waals surface area (Å²) in [7, 11) is 2.12. The van der Waals surface area contributed by atoms with E-state index in [4.69, 9.17) is 4.74 Å². The molecule has 8 rings (SSSR count). The number of rotatable bonds is 7. The normalized spacial score (nSPS) is 21.2. The number of aryl methyl sites for hydroxylation is 1. The number of nitrogens with one attached hydrogen (secondary N) is 1. The standard InChI is InChI=1S/C45H46N4O5/c1-29-5-3-7-33(23-29)39-28-54-41-25-36(50)13-15-38(41)43(39)32-9-11-35(12-10-32)48-21-18-31(19-22-48)26-47(2)20-4-6-30-8-14-37-34(24-30)27-49(45(37)53)40-16-17-42(51)46-44(40)52/h3,5,7-15,23-25,31,39-40,43,50H,16-22,26-28H2,1-2H3,(H,46,51,52)/t39-,40?,43?/m1/s1. The highest BCUT2D eigenvalue weighted by atomic mass is 16.5. The second-order valence-corrected chi connectivity index (χ2v) is 15.3. The van der Waals surface area contributed by atoms with E-state index in [1.165, 1.54) is 22.4 Å². The van der Waals surface area contributed by atoms with Gasteiger partial charge >= 0.3 is 0 Å². The molecule has 4 aliphatic rings. The molecule has 2 saturated heterocycles. The van der Waals surface area contributed by atoms with E-state index in [-0.39, 0.29) is 35.8 Å². The molecule has 0 aliphatic carbocycles. The van der Waals surface area contributed by atoms with Crippen molar-refractivity contribution in [3.63, 3.8) is 0 Å². The van der Waals surface area contributed by atoms with Gasteiger partial charge in [0.25, 0.3) is 5.91 Å². The minimum atomic E-state index is -0.616. The number of phenolic OH excluding ortho intramolecular Hbond substituents is 1. The summed E-state index contributed by atoms with van der Waals surface area (Å²) in [5.74, 6) is 7.60. The van der Waals surface area contributed by atoms with Gasteiger partial charge < -0.3 is 19.6 Å². The van der Waals surface area contributed by atoms with Crippen molar-refractivity contribution in [3.05, 3.63) is 124 Å². The Balaban J connectivity index is 0.852. The Labute approximate surface area is 316 Å². The molecular weight excluding hydrogens is 677 g/mol. The molecule has 4 aromatic rings. The molecule has 4 heterocycles. The van der Waals surface area contributed by atoms with Gasteiger partial charge in [-0.2, -0.15) is 0 Å². The van der Waals surface area contributed by atoms with Gasteiger partial charge in [0.1, 0.15) is 17.5 Å². The number of amides is 3. The molecule has 276 valence electrons. The van der Waals surface area contributed by atoms with Crippen molar-refractivity contribution in [1.29, 1.82) is 0 Å². The van der Waals surface area contributed by atoms with E-state index in [0.717, 1.165) is 54.9 Å². The Morgan fingerprint density at radius 3 is 2.52 bits per heavy atom. The lowest BCUT2D eigenvalue weighted by atomic mass is 9.75. The molecule has 9 nitrogen and oxygen atoms in total. The first-order valence-corrected chi connectivity index (χ1v) is 19.0. The second kappa shape index (κ2) is 15.0. The lowest BCUT2D eigenvalue weighted by molar-refractivity contribution is -0.136. The highest BCUT2D eigenvalue weighted by Gasteiger charge is 2.39. The van der Waals surface area contributed by atoms with Crippen LogP contribution in [-0.4, -0.2) is 78.5 Å². The molecule has 0 bridgehead atoms. The largest absolute Gasteiger partial charge is 0.508 e. The van der Waals surface area contributed by atoms with Crippen molar-refractivity contribution in [2.24, 2.45) is 5.92 Å². The van der Waals surface area contributed by atoms with Gasteiger partial charge in [-0.25, -0.2) is 0 Å². The van der Waals surface area contributed by atoms with E-state index >= 15 is 0 Å². The molecule has 0 aromatic heterocycles. The molecule has 2 unspecified atom stereocenters. The quantitative estimate of drug-likeness (QED) is 0.179. The van der Waals surface area contributed by atoms with Crippen molar-refractivity contribution < 1.29 is 24.2 Å². The van der Waals surface area contributed by atoms with Crippen LogP contribution >= 0.6 is 0 Å². The van der Waals surface area contributed by atoms with Crippen molar-refractivity contribution in [3.8, 4) is 23.3 Å². The van der Waals surface area contributed by atoms with Crippen LogP contribution in [0.4, 0.5) is 5.69 Å². The number of hydrogen-bond donors (Lipinski definition) is 2. The lowest BCUT2D eigenvalue weighted by Gasteiger charge is -2.36. The Morgan fingerprint density at radius 2 is 1.74 bits per heavy atom. The van der Waals surface area contributed by atoms with Crippen molar-refractivity contribution >= 4 is 23.4 Å². The molecule has 2 fully saturated rings. The highest BCUT2D eigenvalue weighted by Crippen LogP contribution is 2.47. The van der Waals surface area contributed by atoms with Crippen LogP contribution in [0.25, 0.3) is 0 Å². The van der Waals surface area contributed by atoms with E-state index in [0.29, 0.717) is 37.6 Å². The molecule has 9 heteroatoms. The maximum atomic E-state index is 13.0. The number of anilines is 1. The van der Waals surface area contributed by atoms with Gasteiger partial charge in [0.15, 0.2) is 0 Å². The molecule has 0 radical (unpaired) electrons. The predicted molar refractivity (Wildman–Crippen MR) is 208 cm³/mol. The van der Waals surface area contributed by atoms with E-state index in [9.17, 15) is 19.5 Å². The van der Waals surface area contributed by atoms with Gasteiger partial charge in [-0.15, -0.1) is 0 Å². The van der Waals surface area contributed by atoms with E-state index < -0.39 is 11.9 Å². The first-order chi connectivity index (χ1) is 26.2. The number of hydrogen-bond acceptors (Lipinski definition) is 7. The first kappa shape index (κ1) is 35.4. The molecule has 3 amide bonds. The topological polar surface area (TPSA) is 102 Å². The zero-order chi connectivity index (χ0) is 37.3. The van der Waals surface area contributed by atoms with Crippen LogP contribution in [0.2, 0.25) is 0 Å². The van der Waals surface area contributed by atoms with Gasteiger partial charge in [-0.05, 0) is 92.2 Å². The third kappa shape index (κ3) is 7.31. The van der Waals surface area contributed by atoms with Crippen LogP contribution in [0.1, 0.15) is 81.3 Å². The minimum Gasteiger partial charge on any atom is -0.508 e. The number of ether oxygens (including phenoxy) is 1. The van der Waals surface area contributed by atoms with Crippen LogP contribution in [0, 0.1) is 24.7 Å². The number of phenols is 1. The van der Waals surface area contributed by atoms with Crippen molar-refractivity contribution in [2.75, 3.05) is 44.7 Å². The predicted octanol–water partition coefficient (Wildman–Crippen LogP) is 5.97. The smallest absolute Gasteiger partial charge is 0.255 e.